The molecule has 3 rings (SSSR count). The molecule has 6 nitrogen and oxygen atoms in total. The van der Waals surface area contributed by atoms with Crippen molar-refractivity contribution < 1.29 is 8.83 Å². The van der Waals surface area contributed by atoms with E-state index in [0.717, 1.165) is 0 Å². The van der Waals surface area contributed by atoms with Gasteiger partial charge in [0.05, 0.1) is 21.5 Å². The number of furan rings is 2. The van der Waals surface area contributed by atoms with Gasteiger partial charge in [-0.05, 0) is 18.1 Å². The number of hydrogen-bond donors (Lipinski definition) is 0. The highest BCUT2D eigenvalue weighted by Crippen LogP contribution is 2.21. The minimum atomic E-state index is -0.806. The highest BCUT2D eigenvalue weighted by atomic mass is 16.4. The first-order valence-electron chi connectivity index (χ1n) is 5.27. The molecule has 0 spiro atoms. The highest BCUT2D eigenvalue weighted by molar-refractivity contribution is 6.00. The average molecular weight is 246 g/mol. The lowest BCUT2D eigenvalue weighted by molar-refractivity contribution is 0.498. The average Bonchev–Trinajstić information content (AvgIpc) is 2.77. The summed E-state index contributed by atoms with van der Waals surface area (Å²) in [7, 11) is 0. The molecular weight excluding hydrogens is 240 g/mol. The van der Waals surface area contributed by atoms with Gasteiger partial charge in [-0.25, -0.2) is 19.2 Å². The first-order valence-corrected chi connectivity index (χ1v) is 5.27. The van der Waals surface area contributed by atoms with E-state index in [4.69, 9.17) is 0 Å². The summed E-state index contributed by atoms with van der Waals surface area (Å²) < 4.78 is 8.96. The summed E-state index contributed by atoms with van der Waals surface area (Å²) in [5, 5.41) is 0.158. The Morgan fingerprint density at radius 1 is 0.833 bits per heavy atom. The zero-order valence-electron chi connectivity index (χ0n) is 9.23. The van der Waals surface area contributed by atoms with Crippen LogP contribution in [0.25, 0.3) is 21.5 Å². The van der Waals surface area contributed by atoms with Crippen LogP contribution in [0.3, 0.4) is 0 Å². The Kier molecular flexibility index (Phi) is 1.92. The van der Waals surface area contributed by atoms with Crippen LogP contribution in [0.15, 0.2) is 34.1 Å². The maximum Gasteiger partial charge on any atom is 0.347 e. The number of aryl methyl sites for hydroxylation is 1. The molecule has 0 fully saturated rings. The summed E-state index contributed by atoms with van der Waals surface area (Å²) in [5.74, 6) is 0. The summed E-state index contributed by atoms with van der Waals surface area (Å²) in [6.45, 7) is 1.71. The highest BCUT2D eigenvalue weighted by Gasteiger charge is 2.21. The van der Waals surface area contributed by atoms with Crippen LogP contribution in [-0.4, -0.2) is 0 Å². The summed E-state index contributed by atoms with van der Waals surface area (Å²) >= 11 is 0. The van der Waals surface area contributed by atoms with Crippen LogP contribution in [0, 0.1) is 0 Å². The smallest absolute Gasteiger partial charge is 0.347 e. The fourth-order valence-electron chi connectivity index (χ4n) is 2.26. The lowest BCUT2D eigenvalue weighted by Crippen LogP contribution is -2.01. The van der Waals surface area contributed by atoms with Crippen molar-refractivity contribution in [3.05, 3.63) is 53.3 Å². The van der Waals surface area contributed by atoms with Crippen LogP contribution in [0.4, 0.5) is 0 Å². The first kappa shape index (κ1) is 10.6. The maximum atomic E-state index is 11.6. The van der Waals surface area contributed by atoms with Gasteiger partial charge in [-0.2, -0.15) is 0 Å². The molecule has 0 amide bonds. The van der Waals surface area contributed by atoms with Crippen molar-refractivity contribution in [2.24, 2.45) is 0 Å². The van der Waals surface area contributed by atoms with Gasteiger partial charge >= 0.3 is 22.5 Å². The van der Waals surface area contributed by atoms with Crippen molar-refractivity contribution in [3.8, 4) is 0 Å². The van der Waals surface area contributed by atoms with E-state index in [1.165, 1.54) is 6.07 Å². The third-order valence-corrected chi connectivity index (χ3v) is 3.00. The van der Waals surface area contributed by atoms with Gasteiger partial charge in [-0.15, -0.1) is 0 Å². The lowest BCUT2D eigenvalue weighted by Gasteiger charge is -1.97. The number of rotatable bonds is 1. The van der Waals surface area contributed by atoms with E-state index in [0.29, 0.717) is 12.0 Å². The van der Waals surface area contributed by atoms with E-state index in [1.807, 2.05) is 0 Å². The maximum absolute atomic E-state index is 11.6. The van der Waals surface area contributed by atoms with Gasteiger partial charge < -0.3 is 8.83 Å². The van der Waals surface area contributed by atoms with Crippen molar-refractivity contribution in [1.29, 1.82) is 0 Å². The minimum absolute atomic E-state index is 0.0160. The Bertz CT molecular complexity index is 901. The fourth-order valence-corrected chi connectivity index (χ4v) is 2.26. The van der Waals surface area contributed by atoms with Crippen LogP contribution in [0.5, 0.6) is 0 Å². The molecule has 0 saturated heterocycles. The second-order valence-corrected chi connectivity index (χ2v) is 3.91. The summed E-state index contributed by atoms with van der Waals surface area (Å²) in [6.07, 6.45) is 0.316. The molecule has 90 valence electrons. The van der Waals surface area contributed by atoms with E-state index in [9.17, 15) is 19.2 Å². The lowest BCUT2D eigenvalue weighted by atomic mass is 10.0. The fraction of sp³-hybridized carbons (Fsp3) is 0.167. The van der Waals surface area contributed by atoms with Gasteiger partial charge in [0.25, 0.3) is 0 Å². The molecule has 2 aromatic heterocycles. The Labute approximate surface area is 97.8 Å². The second kappa shape index (κ2) is 3.25. The molecule has 0 radical (unpaired) electrons. The zero-order valence-corrected chi connectivity index (χ0v) is 9.23. The van der Waals surface area contributed by atoms with Crippen molar-refractivity contribution >= 4 is 21.5 Å². The monoisotopic (exact) mass is 246 g/mol. The number of benzene rings is 1. The van der Waals surface area contributed by atoms with E-state index >= 15 is 0 Å². The van der Waals surface area contributed by atoms with Crippen molar-refractivity contribution in [1.82, 2.24) is 0 Å². The summed E-state index contributed by atoms with van der Waals surface area (Å²) in [6, 6.07) is 1.18. The molecule has 0 aliphatic carbocycles. The Morgan fingerprint density at radius 2 is 1.28 bits per heavy atom. The molecular formula is C12H6O6. The quantitative estimate of drug-likeness (QED) is 0.602. The zero-order chi connectivity index (χ0) is 13.0. The van der Waals surface area contributed by atoms with E-state index in [2.05, 4.69) is 8.83 Å². The molecule has 0 aliphatic rings. The molecule has 6 heteroatoms. The van der Waals surface area contributed by atoms with Gasteiger partial charge in [0.15, 0.2) is 0 Å². The first-order chi connectivity index (χ1) is 8.54. The van der Waals surface area contributed by atoms with Gasteiger partial charge in [0.1, 0.15) is 0 Å². The van der Waals surface area contributed by atoms with Crippen LogP contribution in [0.2, 0.25) is 0 Å². The second-order valence-electron chi connectivity index (χ2n) is 3.91. The summed E-state index contributed by atoms with van der Waals surface area (Å²) in [4.78, 5) is 46.0. The molecule has 0 unspecified atom stereocenters. The standard InChI is InChI=1S/C12H6O6/c1-2-4-7-5(9(13)17-11(7)15)3-6-8(4)12(16)18-10(6)14/h3H,2H2,1H3. The molecule has 0 aliphatic heterocycles. The van der Waals surface area contributed by atoms with E-state index in [-0.39, 0.29) is 21.5 Å². The van der Waals surface area contributed by atoms with Crippen LogP contribution < -0.4 is 22.5 Å². The van der Waals surface area contributed by atoms with Gasteiger partial charge in [0, 0.05) is 0 Å². The van der Waals surface area contributed by atoms with E-state index < -0.39 is 22.5 Å². The van der Waals surface area contributed by atoms with Crippen LogP contribution in [-0.2, 0) is 6.42 Å². The van der Waals surface area contributed by atoms with Gasteiger partial charge in [0.2, 0.25) is 0 Å². The topological polar surface area (TPSA) is 94.6 Å². The number of hydrogen-bond acceptors (Lipinski definition) is 6. The predicted octanol–water partition coefficient (Wildman–Crippen LogP) is 0.0578. The Hall–Kier alpha value is -2.50. The molecule has 2 heterocycles. The molecule has 0 saturated carbocycles. The SMILES string of the molecule is CCc1c2c(=O)oc(=O)c2cc2c(=O)oc(=O)c12. The Balaban J connectivity index is 2.84. The molecule has 0 atom stereocenters. The third kappa shape index (κ3) is 1.11. The van der Waals surface area contributed by atoms with Crippen LogP contribution >= 0.6 is 0 Å². The molecule has 1 aromatic carbocycles. The summed E-state index contributed by atoms with van der Waals surface area (Å²) in [5.41, 5.74) is -2.86. The van der Waals surface area contributed by atoms with Gasteiger partial charge in [-0.1, -0.05) is 6.92 Å². The van der Waals surface area contributed by atoms with Crippen molar-refractivity contribution in [2.45, 2.75) is 13.3 Å². The Morgan fingerprint density at radius 3 is 1.67 bits per heavy atom. The normalized spacial score (nSPS) is 11.6. The molecule has 0 bridgehead atoms. The van der Waals surface area contributed by atoms with Gasteiger partial charge in [-0.3, -0.25) is 0 Å². The molecule has 18 heavy (non-hydrogen) atoms. The van der Waals surface area contributed by atoms with E-state index in [1.54, 1.807) is 6.92 Å². The predicted molar refractivity (Wildman–Crippen MR) is 62.8 cm³/mol. The third-order valence-electron chi connectivity index (χ3n) is 3.00. The molecule has 3 aromatic rings. The molecule has 0 N–H and O–H groups in total. The largest absolute Gasteiger partial charge is 0.386 e. The van der Waals surface area contributed by atoms with Crippen molar-refractivity contribution in [2.75, 3.05) is 0 Å². The number of fused-ring (bicyclic) bond motifs is 2. The van der Waals surface area contributed by atoms with Crippen LogP contribution in [0.1, 0.15) is 12.5 Å². The van der Waals surface area contributed by atoms with Crippen molar-refractivity contribution in [3.63, 3.8) is 0 Å². The minimum Gasteiger partial charge on any atom is -0.386 e.